The standard InChI is InChI=1S/C15H12ClN3O2/c16-11-5-3-10(4-6-11)7-9-21-15-18-13-12(14(20)19-15)2-1-8-17-13/h1-6,8H,7,9H2,(H,17,18,19,20). The maximum atomic E-state index is 11.8. The van der Waals surface area contributed by atoms with Gasteiger partial charge in [0, 0.05) is 17.6 Å². The molecule has 0 saturated carbocycles. The quantitative estimate of drug-likeness (QED) is 0.804. The first-order valence-corrected chi connectivity index (χ1v) is 6.82. The summed E-state index contributed by atoms with van der Waals surface area (Å²) in [5.41, 5.74) is 1.22. The van der Waals surface area contributed by atoms with Crippen molar-refractivity contribution in [2.45, 2.75) is 6.42 Å². The van der Waals surface area contributed by atoms with Gasteiger partial charge in [0.15, 0.2) is 5.65 Å². The number of aromatic nitrogens is 3. The van der Waals surface area contributed by atoms with E-state index in [-0.39, 0.29) is 11.6 Å². The van der Waals surface area contributed by atoms with Crippen molar-refractivity contribution in [1.82, 2.24) is 15.0 Å². The molecule has 0 aliphatic rings. The Morgan fingerprint density at radius 2 is 2.00 bits per heavy atom. The smallest absolute Gasteiger partial charge is 0.298 e. The zero-order valence-electron chi connectivity index (χ0n) is 11.0. The van der Waals surface area contributed by atoms with Crippen molar-refractivity contribution in [2.75, 3.05) is 6.61 Å². The Bertz CT molecular complexity index is 815. The highest BCUT2D eigenvalue weighted by Gasteiger charge is 2.05. The van der Waals surface area contributed by atoms with E-state index in [2.05, 4.69) is 15.0 Å². The zero-order valence-corrected chi connectivity index (χ0v) is 11.8. The van der Waals surface area contributed by atoms with Gasteiger partial charge in [-0.05, 0) is 29.8 Å². The molecule has 0 spiro atoms. The highest BCUT2D eigenvalue weighted by Crippen LogP contribution is 2.11. The minimum Gasteiger partial charge on any atom is -0.464 e. The average Bonchev–Trinajstić information content (AvgIpc) is 2.49. The number of hydrogen-bond acceptors (Lipinski definition) is 4. The van der Waals surface area contributed by atoms with Crippen LogP contribution in [0.25, 0.3) is 11.0 Å². The molecule has 2 aromatic heterocycles. The van der Waals surface area contributed by atoms with Gasteiger partial charge in [0.25, 0.3) is 11.6 Å². The first kappa shape index (κ1) is 13.6. The van der Waals surface area contributed by atoms with Crippen LogP contribution < -0.4 is 10.3 Å². The lowest BCUT2D eigenvalue weighted by Crippen LogP contribution is -2.13. The average molecular weight is 302 g/mol. The summed E-state index contributed by atoms with van der Waals surface area (Å²) in [7, 11) is 0. The van der Waals surface area contributed by atoms with Crippen molar-refractivity contribution in [2.24, 2.45) is 0 Å². The Hall–Kier alpha value is -2.40. The number of pyridine rings is 1. The van der Waals surface area contributed by atoms with Gasteiger partial charge in [-0.2, -0.15) is 4.98 Å². The van der Waals surface area contributed by atoms with Crippen molar-refractivity contribution in [1.29, 1.82) is 0 Å². The van der Waals surface area contributed by atoms with E-state index in [1.165, 1.54) is 0 Å². The van der Waals surface area contributed by atoms with E-state index in [0.29, 0.717) is 29.1 Å². The van der Waals surface area contributed by atoms with Crippen LogP contribution in [0.3, 0.4) is 0 Å². The summed E-state index contributed by atoms with van der Waals surface area (Å²) in [4.78, 5) is 22.7. The molecule has 5 nitrogen and oxygen atoms in total. The lowest BCUT2D eigenvalue weighted by atomic mass is 10.2. The molecule has 3 aromatic rings. The molecule has 0 atom stereocenters. The van der Waals surface area contributed by atoms with Gasteiger partial charge in [0.2, 0.25) is 0 Å². The summed E-state index contributed by atoms with van der Waals surface area (Å²) in [6, 6.07) is 11.1. The molecule has 0 bridgehead atoms. The number of nitrogens with one attached hydrogen (secondary N) is 1. The molecule has 0 aliphatic carbocycles. The van der Waals surface area contributed by atoms with Crippen LogP contribution in [0.5, 0.6) is 6.01 Å². The van der Waals surface area contributed by atoms with Gasteiger partial charge in [-0.25, -0.2) is 4.98 Å². The number of halogens is 1. The lowest BCUT2D eigenvalue weighted by Gasteiger charge is -2.05. The number of benzene rings is 1. The van der Waals surface area contributed by atoms with Crippen LogP contribution in [0.1, 0.15) is 5.56 Å². The predicted molar refractivity (Wildman–Crippen MR) is 80.8 cm³/mol. The number of ether oxygens (including phenoxy) is 1. The number of H-pyrrole nitrogens is 1. The molecule has 0 aliphatic heterocycles. The van der Waals surface area contributed by atoms with Gasteiger partial charge in [0.05, 0.1) is 12.0 Å². The zero-order chi connectivity index (χ0) is 14.7. The van der Waals surface area contributed by atoms with Crippen LogP contribution >= 0.6 is 11.6 Å². The van der Waals surface area contributed by atoms with E-state index in [9.17, 15) is 4.79 Å². The number of nitrogens with zero attached hydrogens (tertiary/aromatic N) is 2. The normalized spacial score (nSPS) is 10.7. The minimum atomic E-state index is -0.255. The summed E-state index contributed by atoms with van der Waals surface area (Å²) in [6.07, 6.45) is 2.29. The third kappa shape index (κ3) is 3.20. The van der Waals surface area contributed by atoms with Crippen LogP contribution in [0.2, 0.25) is 5.02 Å². The second-order valence-corrected chi connectivity index (χ2v) is 4.91. The summed E-state index contributed by atoms with van der Waals surface area (Å²) in [5, 5.41) is 1.15. The molecule has 6 heteroatoms. The van der Waals surface area contributed by atoms with Gasteiger partial charge >= 0.3 is 0 Å². The molecule has 0 unspecified atom stereocenters. The summed E-state index contributed by atoms with van der Waals surface area (Å²) in [5.74, 6) is 0. The van der Waals surface area contributed by atoms with Crippen LogP contribution in [0.15, 0.2) is 47.4 Å². The summed E-state index contributed by atoms with van der Waals surface area (Å²) in [6.45, 7) is 0.406. The van der Waals surface area contributed by atoms with Crippen LogP contribution in [0.4, 0.5) is 0 Å². The Balaban J connectivity index is 1.70. The van der Waals surface area contributed by atoms with Gasteiger partial charge in [-0.15, -0.1) is 0 Å². The molecule has 1 aromatic carbocycles. The van der Waals surface area contributed by atoms with Crippen molar-refractivity contribution < 1.29 is 4.74 Å². The second-order valence-electron chi connectivity index (χ2n) is 4.47. The first-order chi connectivity index (χ1) is 10.2. The molecule has 0 radical (unpaired) electrons. The highest BCUT2D eigenvalue weighted by molar-refractivity contribution is 6.30. The fraction of sp³-hybridized carbons (Fsp3) is 0.133. The van der Waals surface area contributed by atoms with Gasteiger partial charge in [-0.1, -0.05) is 23.7 Å². The molecule has 21 heavy (non-hydrogen) atoms. The maximum Gasteiger partial charge on any atom is 0.298 e. The number of hydrogen-bond donors (Lipinski definition) is 1. The Morgan fingerprint density at radius 1 is 1.19 bits per heavy atom. The fourth-order valence-corrected chi connectivity index (χ4v) is 2.06. The molecule has 1 N–H and O–H groups in total. The van der Waals surface area contributed by atoms with Crippen LogP contribution in [-0.4, -0.2) is 21.6 Å². The summed E-state index contributed by atoms with van der Waals surface area (Å²) < 4.78 is 5.49. The number of aromatic amines is 1. The van der Waals surface area contributed by atoms with E-state index in [4.69, 9.17) is 16.3 Å². The topological polar surface area (TPSA) is 67.9 Å². The Labute approximate surface area is 125 Å². The summed E-state index contributed by atoms with van der Waals surface area (Å²) >= 11 is 5.83. The highest BCUT2D eigenvalue weighted by atomic mass is 35.5. The van der Waals surface area contributed by atoms with Crippen molar-refractivity contribution >= 4 is 22.6 Å². The third-order valence-electron chi connectivity index (χ3n) is 3.00. The lowest BCUT2D eigenvalue weighted by molar-refractivity contribution is 0.296. The van der Waals surface area contributed by atoms with Crippen LogP contribution in [-0.2, 0) is 6.42 Å². The number of rotatable bonds is 4. The van der Waals surface area contributed by atoms with Gasteiger partial charge < -0.3 is 4.74 Å². The Morgan fingerprint density at radius 3 is 2.81 bits per heavy atom. The molecule has 2 heterocycles. The molecule has 3 rings (SSSR count). The van der Waals surface area contributed by atoms with Gasteiger partial charge in [-0.3, -0.25) is 9.78 Å². The fourth-order valence-electron chi connectivity index (χ4n) is 1.94. The molecule has 0 fully saturated rings. The monoisotopic (exact) mass is 301 g/mol. The molecular formula is C15H12ClN3O2. The predicted octanol–water partition coefficient (Wildman–Crippen LogP) is 2.59. The maximum absolute atomic E-state index is 11.8. The van der Waals surface area contributed by atoms with Crippen molar-refractivity contribution in [3.8, 4) is 6.01 Å². The Kier molecular flexibility index (Phi) is 3.83. The van der Waals surface area contributed by atoms with E-state index < -0.39 is 0 Å². The number of fused-ring (bicyclic) bond motifs is 1. The third-order valence-corrected chi connectivity index (χ3v) is 3.25. The van der Waals surface area contributed by atoms with Crippen molar-refractivity contribution in [3.63, 3.8) is 0 Å². The minimum absolute atomic E-state index is 0.181. The molecular weight excluding hydrogens is 290 g/mol. The molecule has 0 saturated heterocycles. The SMILES string of the molecule is O=c1[nH]c(OCCc2ccc(Cl)cc2)nc2ncccc12. The second kappa shape index (κ2) is 5.93. The van der Waals surface area contributed by atoms with Crippen molar-refractivity contribution in [3.05, 3.63) is 63.5 Å². The first-order valence-electron chi connectivity index (χ1n) is 6.45. The van der Waals surface area contributed by atoms with E-state index in [1.54, 1.807) is 18.3 Å². The van der Waals surface area contributed by atoms with Crippen LogP contribution in [0, 0.1) is 0 Å². The molecule has 106 valence electrons. The van der Waals surface area contributed by atoms with E-state index >= 15 is 0 Å². The van der Waals surface area contributed by atoms with E-state index in [1.807, 2.05) is 24.3 Å². The van der Waals surface area contributed by atoms with E-state index in [0.717, 1.165) is 5.56 Å². The molecule has 0 amide bonds. The van der Waals surface area contributed by atoms with Gasteiger partial charge in [0.1, 0.15) is 0 Å². The largest absolute Gasteiger partial charge is 0.464 e.